The van der Waals surface area contributed by atoms with Crippen molar-refractivity contribution < 1.29 is 0 Å². The fraction of sp³-hybridized carbons (Fsp3) is 0.571. The van der Waals surface area contributed by atoms with E-state index in [9.17, 15) is 0 Å². The number of anilines is 1. The van der Waals surface area contributed by atoms with E-state index in [0.717, 1.165) is 0 Å². The Morgan fingerprint density at radius 1 is 1.29 bits per heavy atom. The Hall–Kier alpha value is -0.670. The molecular weight excluding hydrogens is 228 g/mol. The third kappa shape index (κ3) is 3.17. The molecule has 2 rings (SSSR count). The Bertz CT molecular complexity index is 359. The minimum atomic E-state index is 0.617. The zero-order chi connectivity index (χ0) is 12.1. The van der Waals surface area contributed by atoms with Crippen molar-refractivity contribution in [2.24, 2.45) is 5.73 Å². The van der Waals surface area contributed by atoms with E-state index in [1.54, 1.807) is 11.8 Å². The molecule has 0 unspecified atom stereocenters. The van der Waals surface area contributed by atoms with Gasteiger partial charge >= 0.3 is 0 Å². The van der Waals surface area contributed by atoms with Crippen LogP contribution in [-0.4, -0.2) is 12.3 Å². The van der Waals surface area contributed by atoms with Crippen LogP contribution in [-0.2, 0) is 6.54 Å². The highest BCUT2D eigenvalue weighted by Gasteiger charge is 2.15. The van der Waals surface area contributed by atoms with E-state index in [1.807, 2.05) is 0 Å². The second-order valence-electron chi connectivity index (χ2n) is 4.67. The smallest absolute Gasteiger partial charge is 0.0399 e. The zero-order valence-corrected chi connectivity index (χ0v) is 11.4. The molecule has 1 aromatic rings. The summed E-state index contributed by atoms with van der Waals surface area (Å²) in [4.78, 5) is 1.30. The topological polar surface area (TPSA) is 38.0 Å². The Kier molecular flexibility index (Phi) is 4.75. The first-order chi connectivity index (χ1) is 8.35. The monoisotopic (exact) mass is 250 g/mol. The van der Waals surface area contributed by atoms with Crippen molar-refractivity contribution in [2.75, 3.05) is 11.6 Å². The number of benzene rings is 1. The average Bonchev–Trinajstić information content (AvgIpc) is 2.39. The Morgan fingerprint density at radius 3 is 2.71 bits per heavy atom. The van der Waals surface area contributed by atoms with Gasteiger partial charge in [-0.05, 0) is 31.2 Å². The molecule has 94 valence electrons. The van der Waals surface area contributed by atoms with Crippen molar-refractivity contribution >= 4 is 17.4 Å². The van der Waals surface area contributed by atoms with Crippen molar-refractivity contribution in [3.05, 3.63) is 23.8 Å². The molecule has 1 aromatic carbocycles. The molecule has 17 heavy (non-hydrogen) atoms. The van der Waals surface area contributed by atoms with Crippen LogP contribution in [0, 0.1) is 0 Å². The second kappa shape index (κ2) is 6.31. The lowest BCUT2D eigenvalue weighted by Gasteiger charge is -2.25. The summed E-state index contributed by atoms with van der Waals surface area (Å²) in [6.07, 6.45) is 8.82. The van der Waals surface area contributed by atoms with Crippen molar-refractivity contribution in [3.8, 4) is 0 Å². The standard InChI is InChI=1S/C14H22N2S/c1-17-14-9-5-8-13(12(14)10-15)16-11-6-3-2-4-7-11/h5,8-9,11,16H,2-4,6-7,10,15H2,1H3. The highest BCUT2D eigenvalue weighted by molar-refractivity contribution is 7.98. The maximum Gasteiger partial charge on any atom is 0.0399 e. The minimum Gasteiger partial charge on any atom is -0.382 e. The molecule has 0 amide bonds. The average molecular weight is 250 g/mol. The molecule has 0 aromatic heterocycles. The fourth-order valence-corrected chi connectivity index (χ4v) is 3.22. The van der Waals surface area contributed by atoms with Crippen molar-refractivity contribution in [3.63, 3.8) is 0 Å². The van der Waals surface area contributed by atoms with Gasteiger partial charge in [0.2, 0.25) is 0 Å². The van der Waals surface area contributed by atoms with Crippen LogP contribution in [0.4, 0.5) is 5.69 Å². The highest BCUT2D eigenvalue weighted by Crippen LogP contribution is 2.29. The lowest BCUT2D eigenvalue weighted by atomic mass is 9.95. The summed E-state index contributed by atoms with van der Waals surface area (Å²) < 4.78 is 0. The molecule has 1 saturated carbocycles. The van der Waals surface area contributed by atoms with Crippen LogP contribution >= 0.6 is 11.8 Å². The van der Waals surface area contributed by atoms with Crippen molar-refractivity contribution in [1.29, 1.82) is 0 Å². The number of rotatable bonds is 4. The Morgan fingerprint density at radius 2 is 2.06 bits per heavy atom. The molecule has 0 bridgehead atoms. The third-order valence-electron chi connectivity index (χ3n) is 3.52. The molecular formula is C14H22N2S. The fourth-order valence-electron chi connectivity index (χ4n) is 2.57. The van der Waals surface area contributed by atoms with Gasteiger partial charge in [0, 0.05) is 28.7 Å². The summed E-state index contributed by atoms with van der Waals surface area (Å²) >= 11 is 1.78. The number of hydrogen-bond acceptors (Lipinski definition) is 3. The maximum atomic E-state index is 5.88. The molecule has 0 aliphatic heterocycles. The van der Waals surface area contributed by atoms with E-state index in [2.05, 4.69) is 29.8 Å². The predicted octanol–water partition coefficient (Wildman–Crippen LogP) is 3.61. The summed E-state index contributed by atoms with van der Waals surface area (Å²) in [6, 6.07) is 7.08. The third-order valence-corrected chi connectivity index (χ3v) is 4.34. The SMILES string of the molecule is CSc1cccc(NC2CCCCC2)c1CN. The van der Waals surface area contributed by atoms with Gasteiger partial charge in [-0.2, -0.15) is 0 Å². The first kappa shape index (κ1) is 12.8. The van der Waals surface area contributed by atoms with E-state index in [4.69, 9.17) is 5.73 Å². The van der Waals surface area contributed by atoms with Crippen molar-refractivity contribution in [2.45, 2.75) is 49.6 Å². The Balaban J connectivity index is 2.13. The van der Waals surface area contributed by atoms with Gasteiger partial charge in [-0.15, -0.1) is 11.8 Å². The second-order valence-corrected chi connectivity index (χ2v) is 5.52. The van der Waals surface area contributed by atoms with E-state index in [-0.39, 0.29) is 0 Å². The normalized spacial score (nSPS) is 17.1. The molecule has 0 saturated heterocycles. The van der Waals surface area contributed by atoms with Crippen molar-refractivity contribution in [1.82, 2.24) is 0 Å². The molecule has 2 nitrogen and oxygen atoms in total. The van der Waals surface area contributed by atoms with Gasteiger partial charge in [-0.25, -0.2) is 0 Å². The largest absolute Gasteiger partial charge is 0.382 e. The van der Waals surface area contributed by atoms with Gasteiger partial charge in [0.15, 0.2) is 0 Å². The van der Waals surface area contributed by atoms with Crippen LogP contribution in [0.25, 0.3) is 0 Å². The number of nitrogens with one attached hydrogen (secondary N) is 1. The van der Waals surface area contributed by atoms with Crippen LogP contribution in [0.5, 0.6) is 0 Å². The molecule has 1 fully saturated rings. The minimum absolute atomic E-state index is 0.617. The molecule has 0 heterocycles. The summed E-state index contributed by atoms with van der Waals surface area (Å²) in [5, 5.41) is 3.68. The van der Waals surface area contributed by atoms with Crippen LogP contribution < -0.4 is 11.1 Å². The van der Waals surface area contributed by atoms with Crippen LogP contribution in [0.3, 0.4) is 0 Å². The van der Waals surface area contributed by atoms with E-state index in [1.165, 1.54) is 48.3 Å². The molecule has 1 aliphatic rings. The van der Waals surface area contributed by atoms with Crippen LogP contribution in [0.2, 0.25) is 0 Å². The summed E-state index contributed by atoms with van der Waals surface area (Å²) in [6.45, 7) is 0.617. The Labute approximate surface area is 108 Å². The maximum absolute atomic E-state index is 5.88. The van der Waals surface area contributed by atoms with Gasteiger partial charge in [-0.3, -0.25) is 0 Å². The van der Waals surface area contributed by atoms with Gasteiger partial charge in [0.25, 0.3) is 0 Å². The molecule has 3 N–H and O–H groups in total. The van der Waals surface area contributed by atoms with E-state index in [0.29, 0.717) is 12.6 Å². The van der Waals surface area contributed by atoms with Gasteiger partial charge in [-0.1, -0.05) is 25.3 Å². The lowest BCUT2D eigenvalue weighted by molar-refractivity contribution is 0.462. The first-order valence-corrected chi connectivity index (χ1v) is 7.70. The first-order valence-electron chi connectivity index (χ1n) is 6.47. The van der Waals surface area contributed by atoms with Gasteiger partial charge in [0.1, 0.15) is 0 Å². The molecule has 0 radical (unpaired) electrons. The molecule has 0 atom stereocenters. The van der Waals surface area contributed by atoms with Gasteiger partial charge in [0.05, 0.1) is 0 Å². The van der Waals surface area contributed by atoms with E-state index < -0.39 is 0 Å². The molecule has 1 aliphatic carbocycles. The predicted molar refractivity (Wildman–Crippen MR) is 76.6 cm³/mol. The summed E-state index contributed by atoms with van der Waals surface area (Å²) in [5.74, 6) is 0. The van der Waals surface area contributed by atoms with Crippen LogP contribution in [0.15, 0.2) is 23.1 Å². The highest BCUT2D eigenvalue weighted by atomic mass is 32.2. The number of nitrogens with two attached hydrogens (primary N) is 1. The van der Waals surface area contributed by atoms with Gasteiger partial charge < -0.3 is 11.1 Å². The number of hydrogen-bond donors (Lipinski definition) is 2. The summed E-state index contributed by atoms with van der Waals surface area (Å²) in [7, 11) is 0. The quantitative estimate of drug-likeness (QED) is 0.802. The van der Waals surface area contributed by atoms with E-state index >= 15 is 0 Å². The van der Waals surface area contributed by atoms with Crippen LogP contribution in [0.1, 0.15) is 37.7 Å². The molecule has 0 spiro atoms. The summed E-state index contributed by atoms with van der Waals surface area (Å²) in [5.41, 5.74) is 8.39. The lowest BCUT2D eigenvalue weighted by Crippen LogP contribution is -2.23. The number of thioether (sulfide) groups is 1. The zero-order valence-electron chi connectivity index (χ0n) is 10.5. The molecule has 3 heteroatoms.